The van der Waals surface area contributed by atoms with Crippen molar-refractivity contribution in [3.63, 3.8) is 0 Å². The summed E-state index contributed by atoms with van der Waals surface area (Å²) in [6.07, 6.45) is 0.251. The van der Waals surface area contributed by atoms with Crippen LogP contribution >= 0.6 is 15.9 Å². The summed E-state index contributed by atoms with van der Waals surface area (Å²) in [5, 5.41) is 16.6. The summed E-state index contributed by atoms with van der Waals surface area (Å²) in [7, 11) is 0. The third kappa shape index (κ3) is 5.56. The van der Waals surface area contributed by atoms with Crippen LogP contribution in [0, 0.1) is 10.1 Å². The fourth-order valence-electron chi connectivity index (χ4n) is 1.60. The molecule has 0 bridgehead atoms. The molecule has 0 saturated heterocycles. The van der Waals surface area contributed by atoms with Crippen molar-refractivity contribution in [1.82, 2.24) is 5.32 Å². The van der Waals surface area contributed by atoms with E-state index in [-0.39, 0.29) is 23.6 Å². The van der Waals surface area contributed by atoms with E-state index in [4.69, 9.17) is 0 Å². The summed E-state index contributed by atoms with van der Waals surface area (Å²) < 4.78 is 0.741. The van der Waals surface area contributed by atoms with Crippen molar-refractivity contribution >= 4 is 33.2 Å². The van der Waals surface area contributed by atoms with Crippen molar-refractivity contribution in [2.24, 2.45) is 0 Å². The molecule has 0 saturated carbocycles. The molecular weight excluding hydrogens is 326 g/mol. The SMILES string of the molecule is CC(C)(C)NC(=O)CCNc1cc(Br)ccc1[N+](=O)[O-]. The number of amides is 1. The Kier molecular flexibility index (Phi) is 5.50. The summed E-state index contributed by atoms with van der Waals surface area (Å²) in [4.78, 5) is 22.1. The first kappa shape index (κ1) is 16.4. The second-order valence-electron chi connectivity index (χ2n) is 5.39. The molecule has 6 nitrogen and oxygen atoms in total. The number of carbonyl (C=O) groups is 1. The average Bonchev–Trinajstić information content (AvgIpc) is 2.26. The van der Waals surface area contributed by atoms with Gasteiger partial charge in [0.25, 0.3) is 5.69 Å². The lowest BCUT2D eigenvalue weighted by atomic mass is 10.1. The van der Waals surface area contributed by atoms with Gasteiger partial charge in [0, 0.05) is 29.0 Å². The third-order valence-electron chi connectivity index (χ3n) is 2.34. The molecule has 7 heteroatoms. The highest BCUT2D eigenvalue weighted by molar-refractivity contribution is 9.10. The molecule has 0 unspecified atom stereocenters. The molecule has 1 aromatic rings. The van der Waals surface area contributed by atoms with Gasteiger partial charge in [-0.1, -0.05) is 15.9 Å². The van der Waals surface area contributed by atoms with Crippen LogP contribution in [0.5, 0.6) is 0 Å². The number of halogens is 1. The number of nitrogens with zero attached hydrogens (tertiary/aromatic N) is 1. The van der Waals surface area contributed by atoms with Gasteiger partial charge in [-0.15, -0.1) is 0 Å². The first-order valence-electron chi connectivity index (χ1n) is 6.18. The molecular formula is C13H18BrN3O3. The van der Waals surface area contributed by atoms with Crippen LogP contribution in [-0.2, 0) is 4.79 Å². The molecule has 0 atom stereocenters. The Labute approximate surface area is 126 Å². The van der Waals surface area contributed by atoms with Crippen LogP contribution in [0.3, 0.4) is 0 Å². The molecule has 1 rings (SSSR count). The zero-order chi connectivity index (χ0) is 15.3. The summed E-state index contributed by atoms with van der Waals surface area (Å²) in [5.41, 5.74) is 0.108. The fourth-order valence-corrected chi connectivity index (χ4v) is 1.96. The summed E-state index contributed by atoms with van der Waals surface area (Å²) in [6.45, 7) is 6.03. The molecule has 1 aromatic carbocycles. The quantitative estimate of drug-likeness (QED) is 0.635. The number of nitrogens with one attached hydrogen (secondary N) is 2. The van der Waals surface area contributed by atoms with E-state index in [1.165, 1.54) is 6.07 Å². The molecule has 0 aliphatic carbocycles. The first-order chi connectivity index (χ1) is 9.19. The summed E-state index contributed by atoms with van der Waals surface area (Å²) >= 11 is 3.26. The number of benzene rings is 1. The molecule has 20 heavy (non-hydrogen) atoms. The minimum atomic E-state index is -0.454. The number of anilines is 1. The second-order valence-corrected chi connectivity index (χ2v) is 6.31. The number of hydrogen-bond acceptors (Lipinski definition) is 4. The van der Waals surface area contributed by atoms with E-state index in [2.05, 4.69) is 26.6 Å². The van der Waals surface area contributed by atoms with Crippen molar-refractivity contribution in [1.29, 1.82) is 0 Å². The van der Waals surface area contributed by atoms with Gasteiger partial charge in [0.05, 0.1) is 4.92 Å². The minimum Gasteiger partial charge on any atom is -0.379 e. The number of rotatable bonds is 5. The van der Waals surface area contributed by atoms with Gasteiger partial charge >= 0.3 is 0 Å². The van der Waals surface area contributed by atoms with E-state index in [1.807, 2.05) is 20.8 Å². The van der Waals surface area contributed by atoms with Crippen LogP contribution in [0.2, 0.25) is 0 Å². The van der Waals surface area contributed by atoms with Crippen molar-refractivity contribution in [2.45, 2.75) is 32.7 Å². The van der Waals surface area contributed by atoms with Crippen LogP contribution < -0.4 is 10.6 Å². The van der Waals surface area contributed by atoms with Crippen LogP contribution in [0.25, 0.3) is 0 Å². The topological polar surface area (TPSA) is 84.3 Å². The Bertz CT molecular complexity index is 512. The standard InChI is InChI=1S/C13H18BrN3O3/c1-13(2,3)16-12(18)6-7-15-10-8-9(14)4-5-11(10)17(19)20/h4-5,8,15H,6-7H2,1-3H3,(H,16,18). The maximum Gasteiger partial charge on any atom is 0.292 e. The Morgan fingerprint density at radius 2 is 2.05 bits per heavy atom. The lowest BCUT2D eigenvalue weighted by Crippen LogP contribution is -2.41. The van der Waals surface area contributed by atoms with Crippen molar-refractivity contribution < 1.29 is 9.72 Å². The van der Waals surface area contributed by atoms with Crippen LogP contribution in [0.15, 0.2) is 22.7 Å². The minimum absolute atomic E-state index is 0.00979. The molecule has 0 aromatic heterocycles. The zero-order valence-corrected chi connectivity index (χ0v) is 13.3. The Balaban J connectivity index is 2.60. The zero-order valence-electron chi connectivity index (χ0n) is 11.7. The predicted octanol–water partition coefficient (Wildman–Crippen LogP) is 3.07. The van der Waals surface area contributed by atoms with Crippen LogP contribution in [-0.4, -0.2) is 22.9 Å². The van der Waals surface area contributed by atoms with Gasteiger partial charge < -0.3 is 10.6 Å². The van der Waals surface area contributed by atoms with E-state index in [0.717, 1.165) is 4.47 Å². The lowest BCUT2D eigenvalue weighted by molar-refractivity contribution is -0.384. The highest BCUT2D eigenvalue weighted by Crippen LogP contribution is 2.27. The van der Waals surface area contributed by atoms with E-state index in [9.17, 15) is 14.9 Å². The first-order valence-corrected chi connectivity index (χ1v) is 6.97. The number of nitro benzene ring substituents is 1. The fraction of sp³-hybridized carbons (Fsp3) is 0.462. The van der Waals surface area contributed by atoms with E-state index in [1.54, 1.807) is 12.1 Å². The van der Waals surface area contributed by atoms with Gasteiger partial charge in [0.2, 0.25) is 5.91 Å². The molecule has 2 N–H and O–H groups in total. The second kappa shape index (κ2) is 6.69. The number of hydrogen-bond donors (Lipinski definition) is 2. The van der Waals surface area contributed by atoms with Gasteiger partial charge in [-0.3, -0.25) is 14.9 Å². The molecule has 0 heterocycles. The highest BCUT2D eigenvalue weighted by atomic mass is 79.9. The normalized spacial score (nSPS) is 11.0. The van der Waals surface area contributed by atoms with E-state index < -0.39 is 4.92 Å². The smallest absolute Gasteiger partial charge is 0.292 e. The molecule has 1 amide bonds. The van der Waals surface area contributed by atoms with Gasteiger partial charge in [-0.2, -0.15) is 0 Å². The Morgan fingerprint density at radius 1 is 1.40 bits per heavy atom. The lowest BCUT2D eigenvalue weighted by Gasteiger charge is -2.20. The van der Waals surface area contributed by atoms with E-state index in [0.29, 0.717) is 12.2 Å². The van der Waals surface area contributed by atoms with Gasteiger partial charge in [0.15, 0.2) is 0 Å². The maximum atomic E-state index is 11.6. The Morgan fingerprint density at radius 3 is 2.60 bits per heavy atom. The molecule has 0 spiro atoms. The summed E-state index contributed by atoms with van der Waals surface area (Å²) in [5.74, 6) is -0.0948. The predicted molar refractivity (Wildman–Crippen MR) is 81.8 cm³/mol. The Hall–Kier alpha value is -1.63. The van der Waals surface area contributed by atoms with Crippen LogP contribution in [0.4, 0.5) is 11.4 Å². The number of nitro groups is 1. The molecule has 0 aliphatic heterocycles. The van der Waals surface area contributed by atoms with Crippen molar-refractivity contribution in [3.8, 4) is 0 Å². The van der Waals surface area contributed by atoms with Gasteiger partial charge in [-0.05, 0) is 32.9 Å². The molecule has 110 valence electrons. The molecule has 0 aliphatic rings. The van der Waals surface area contributed by atoms with Gasteiger partial charge in [-0.25, -0.2) is 0 Å². The van der Waals surface area contributed by atoms with Crippen molar-refractivity contribution in [3.05, 3.63) is 32.8 Å². The largest absolute Gasteiger partial charge is 0.379 e. The molecule has 0 radical (unpaired) electrons. The highest BCUT2D eigenvalue weighted by Gasteiger charge is 2.15. The van der Waals surface area contributed by atoms with E-state index >= 15 is 0 Å². The summed E-state index contributed by atoms with van der Waals surface area (Å²) in [6, 6.07) is 4.65. The molecule has 0 fully saturated rings. The third-order valence-corrected chi connectivity index (χ3v) is 2.83. The van der Waals surface area contributed by atoms with Crippen LogP contribution in [0.1, 0.15) is 27.2 Å². The average molecular weight is 344 g/mol. The monoisotopic (exact) mass is 343 g/mol. The van der Waals surface area contributed by atoms with Crippen molar-refractivity contribution in [2.75, 3.05) is 11.9 Å². The maximum absolute atomic E-state index is 11.6. The van der Waals surface area contributed by atoms with Gasteiger partial charge in [0.1, 0.15) is 5.69 Å². The number of carbonyl (C=O) groups excluding carboxylic acids is 1.